The molecule has 1 aliphatic heterocycles. The minimum absolute atomic E-state index is 0.0860. The predicted molar refractivity (Wildman–Crippen MR) is 69.2 cm³/mol. The minimum Gasteiger partial charge on any atom is -0.481 e. The van der Waals surface area contributed by atoms with E-state index < -0.39 is 5.97 Å². The molecular weight excluding hydrogens is 248 g/mol. The van der Waals surface area contributed by atoms with E-state index in [-0.39, 0.29) is 18.2 Å². The number of nitrogens with two attached hydrogens (primary N) is 1. The van der Waals surface area contributed by atoms with E-state index in [1.807, 2.05) is 0 Å². The van der Waals surface area contributed by atoms with Gasteiger partial charge in [0.1, 0.15) is 0 Å². The van der Waals surface area contributed by atoms with Gasteiger partial charge in [0.05, 0.1) is 0 Å². The van der Waals surface area contributed by atoms with Crippen molar-refractivity contribution in [3.63, 3.8) is 0 Å². The molecule has 108 valence electrons. The van der Waals surface area contributed by atoms with Crippen LogP contribution < -0.4 is 5.73 Å². The van der Waals surface area contributed by atoms with Crippen molar-refractivity contribution in [2.45, 2.75) is 44.9 Å². The number of piperidine rings is 1. The maximum atomic E-state index is 11.9. The summed E-state index contributed by atoms with van der Waals surface area (Å²) in [6, 6.07) is 0. The van der Waals surface area contributed by atoms with Gasteiger partial charge in [-0.2, -0.15) is 0 Å². The Balaban J connectivity index is 2.18. The number of nitrogens with zero attached hydrogens (tertiary/aromatic N) is 1. The van der Waals surface area contributed by atoms with Gasteiger partial charge in [0.25, 0.3) is 0 Å². The number of unbranched alkanes of at least 4 members (excludes halogenated alkanes) is 1. The Morgan fingerprint density at radius 2 is 1.68 bits per heavy atom. The zero-order valence-corrected chi connectivity index (χ0v) is 11.1. The average molecular weight is 270 g/mol. The van der Waals surface area contributed by atoms with Gasteiger partial charge in [-0.25, -0.2) is 0 Å². The van der Waals surface area contributed by atoms with Crippen LogP contribution in [0.1, 0.15) is 44.9 Å². The third kappa shape index (κ3) is 6.22. The Morgan fingerprint density at radius 3 is 2.21 bits per heavy atom. The Hall–Kier alpha value is -1.59. The normalized spacial score (nSPS) is 16.3. The predicted octanol–water partition coefficient (Wildman–Crippen LogP) is 0.745. The van der Waals surface area contributed by atoms with Crippen molar-refractivity contribution in [1.82, 2.24) is 4.90 Å². The van der Waals surface area contributed by atoms with Gasteiger partial charge in [0.15, 0.2) is 0 Å². The zero-order valence-electron chi connectivity index (χ0n) is 11.1. The lowest BCUT2D eigenvalue weighted by Crippen LogP contribution is -2.39. The monoisotopic (exact) mass is 270 g/mol. The minimum atomic E-state index is -0.820. The highest BCUT2D eigenvalue weighted by Gasteiger charge is 2.23. The molecule has 6 nitrogen and oxygen atoms in total. The first-order valence-electron chi connectivity index (χ1n) is 6.77. The molecule has 1 saturated heterocycles. The van der Waals surface area contributed by atoms with E-state index in [4.69, 9.17) is 10.8 Å². The number of carboxylic acids is 1. The second kappa shape index (κ2) is 7.76. The third-order valence-electron chi connectivity index (χ3n) is 3.49. The first-order chi connectivity index (χ1) is 8.99. The van der Waals surface area contributed by atoms with Gasteiger partial charge >= 0.3 is 5.97 Å². The van der Waals surface area contributed by atoms with Crippen molar-refractivity contribution in [3.05, 3.63) is 0 Å². The fourth-order valence-corrected chi connectivity index (χ4v) is 2.38. The van der Waals surface area contributed by atoms with E-state index in [1.54, 1.807) is 4.90 Å². The van der Waals surface area contributed by atoms with Crippen molar-refractivity contribution in [1.29, 1.82) is 0 Å². The van der Waals surface area contributed by atoms with Gasteiger partial charge in [0.2, 0.25) is 11.8 Å². The Labute approximate surface area is 112 Å². The highest BCUT2D eigenvalue weighted by atomic mass is 16.4. The van der Waals surface area contributed by atoms with E-state index in [0.29, 0.717) is 44.7 Å². The zero-order chi connectivity index (χ0) is 14.3. The van der Waals surface area contributed by atoms with E-state index in [0.717, 1.165) is 12.8 Å². The molecule has 0 spiro atoms. The second-order valence-corrected chi connectivity index (χ2v) is 5.10. The molecule has 6 heteroatoms. The molecule has 0 aliphatic carbocycles. The molecule has 0 aromatic carbocycles. The maximum absolute atomic E-state index is 11.9. The van der Waals surface area contributed by atoms with Crippen molar-refractivity contribution < 1.29 is 19.5 Å². The van der Waals surface area contributed by atoms with Crippen LogP contribution >= 0.6 is 0 Å². The molecule has 3 N–H and O–H groups in total. The number of carbonyl (C=O) groups is 3. The van der Waals surface area contributed by atoms with Crippen molar-refractivity contribution >= 4 is 17.8 Å². The van der Waals surface area contributed by atoms with Gasteiger partial charge in [-0.3, -0.25) is 14.4 Å². The smallest absolute Gasteiger partial charge is 0.303 e. The summed E-state index contributed by atoms with van der Waals surface area (Å²) in [5.41, 5.74) is 5.16. The first kappa shape index (κ1) is 15.5. The third-order valence-corrected chi connectivity index (χ3v) is 3.49. The Bertz CT molecular complexity index is 336. The van der Waals surface area contributed by atoms with Gasteiger partial charge in [-0.15, -0.1) is 0 Å². The van der Waals surface area contributed by atoms with Crippen LogP contribution in [0.4, 0.5) is 0 Å². The molecule has 0 radical (unpaired) electrons. The summed E-state index contributed by atoms with van der Waals surface area (Å²) in [5.74, 6) is -0.713. The number of amides is 2. The van der Waals surface area contributed by atoms with Crippen LogP contribution in [-0.4, -0.2) is 40.9 Å². The fraction of sp³-hybridized carbons (Fsp3) is 0.769. The summed E-state index contributed by atoms with van der Waals surface area (Å²) in [6.45, 7) is 1.35. The Kier molecular flexibility index (Phi) is 6.32. The molecule has 1 rings (SSSR count). The topological polar surface area (TPSA) is 101 Å². The largest absolute Gasteiger partial charge is 0.481 e. The molecule has 1 fully saturated rings. The number of aliphatic carboxylic acids is 1. The SMILES string of the molecule is NC(=O)CC1CCN(C(=O)CCCCC(=O)O)CC1. The van der Waals surface area contributed by atoms with Crippen molar-refractivity contribution in [2.24, 2.45) is 11.7 Å². The lowest BCUT2D eigenvalue weighted by Gasteiger charge is -2.31. The molecular formula is C13H22N2O4. The maximum Gasteiger partial charge on any atom is 0.303 e. The molecule has 19 heavy (non-hydrogen) atoms. The van der Waals surface area contributed by atoms with Crippen molar-refractivity contribution in [2.75, 3.05) is 13.1 Å². The number of primary amides is 1. The lowest BCUT2D eigenvalue weighted by atomic mass is 9.93. The molecule has 0 bridgehead atoms. The van der Waals surface area contributed by atoms with Gasteiger partial charge in [-0.1, -0.05) is 0 Å². The van der Waals surface area contributed by atoms with Crippen LogP contribution in [0, 0.1) is 5.92 Å². The van der Waals surface area contributed by atoms with Crippen LogP contribution in [0.15, 0.2) is 0 Å². The summed E-state index contributed by atoms with van der Waals surface area (Å²) >= 11 is 0. The molecule has 0 saturated carbocycles. The number of rotatable bonds is 7. The van der Waals surface area contributed by atoms with Crippen LogP contribution in [0.2, 0.25) is 0 Å². The van der Waals surface area contributed by atoms with Crippen LogP contribution in [0.25, 0.3) is 0 Å². The van der Waals surface area contributed by atoms with E-state index in [1.165, 1.54) is 0 Å². The van der Waals surface area contributed by atoms with Gasteiger partial charge in [-0.05, 0) is 31.6 Å². The number of hydrogen-bond acceptors (Lipinski definition) is 3. The lowest BCUT2D eigenvalue weighted by molar-refractivity contribution is -0.138. The second-order valence-electron chi connectivity index (χ2n) is 5.10. The summed E-state index contributed by atoms with van der Waals surface area (Å²) in [6.07, 6.45) is 3.74. The first-order valence-corrected chi connectivity index (χ1v) is 6.77. The molecule has 0 unspecified atom stereocenters. The average Bonchev–Trinajstić information content (AvgIpc) is 2.34. The number of carbonyl (C=O) groups excluding carboxylic acids is 2. The standard InChI is InChI=1S/C13H22N2O4/c14-11(16)9-10-5-7-15(8-6-10)12(17)3-1-2-4-13(18)19/h10H,1-9H2,(H2,14,16)(H,18,19). The number of carboxylic acid groups (broad SMARTS) is 1. The van der Waals surface area contributed by atoms with Crippen LogP contribution in [0.3, 0.4) is 0 Å². The van der Waals surface area contributed by atoms with Gasteiger partial charge in [0, 0.05) is 32.4 Å². The fourth-order valence-electron chi connectivity index (χ4n) is 2.38. The molecule has 1 aliphatic rings. The number of likely N-dealkylation sites (tertiary alicyclic amines) is 1. The van der Waals surface area contributed by atoms with Crippen LogP contribution in [-0.2, 0) is 14.4 Å². The molecule has 1 heterocycles. The number of hydrogen-bond donors (Lipinski definition) is 2. The summed E-state index contributed by atoms with van der Waals surface area (Å²) in [7, 11) is 0. The molecule has 0 aromatic rings. The summed E-state index contributed by atoms with van der Waals surface area (Å²) in [5, 5.41) is 8.50. The van der Waals surface area contributed by atoms with E-state index in [2.05, 4.69) is 0 Å². The molecule has 0 aromatic heterocycles. The molecule has 2 amide bonds. The summed E-state index contributed by atoms with van der Waals surface area (Å²) in [4.78, 5) is 34.8. The molecule has 0 atom stereocenters. The Morgan fingerprint density at radius 1 is 1.11 bits per heavy atom. The quantitative estimate of drug-likeness (QED) is 0.666. The highest BCUT2D eigenvalue weighted by molar-refractivity contribution is 5.76. The highest BCUT2D eigenvalue weighted by Crippen LogP contribution is 2.21. The van der Waals surface area contributed by atoms with Crippen LogP contribution in [0.5, 0.6) is 0 Å². The van der Waals surface area contributed by atoms with E-state index >= 15 is 0 Å². The summed E-state index contributed by atoms with van der Waals surface area (Å²) < 4.78 is 0. The van der Waals surface area contributed by atoms with Gasteiger partial charge < -0.3 is 15.7 Å². The van der Waals surface area contributed by atoms with E-state index in [9.17, 15) is 14.4 Å². The van der Waals surface area contributed by atoms with Crippen molar-refractivity contribution in [3.8, 4) is 0 Å².